The highest BCUT2D eigenvalue weighted by Gasteiger charge is 2.30. The molecule has 5 nitrogen and oxygen atoms in total. The van der Waals surface area contributed by atoms with Crippen molar-refractivity contribution in [2.75, 3.05) is 0 Å². The molecule has 10 aromatic carbocycles. The van der Waals surface area contributed by atoms with Crippen molar-refractivity contribution in [3.05, 3.63) is 249 Å². The fourth-order valence-corrected chi connectivity index (χ4v) is 10.2. The van der Waals surface area contributed by atoms with E-state index in [1.807, 2.05) is 12.1 Å². The average molecular weight is 868 g/mol. The molecule has 13 aromatic rings. The SMILES string of the molecule is c1ccc(-c2ccc(-c3nc(-c4cccc(-c5ccccc5)c4)nc(-n4c5ccccc5c5c(-c6ccccc6)c(-c6ccccc6)c6c7ccccc7n(-c7ccccc7)c6c54)n3)cc2)cc1. The summed E-state index contributed by atoms with van der Waals surface area (Å²) in [4.78, 5) is 16.4. The van der Waals surface area contributed by atoms with Crippen LogP contribution in [0.5, 0.6) is 0 Å². The van der Waals surface area contributed by atoms with Crippen LogP contribution in [0.25, 0.3) is 123 Å². The molecule has 318 valence electrons. The summed E-state index contributed by atoms with van der Waals surface area (Å²) in [6, 6.07) is 88.1. The lowest BCUT2D eigenvalue weighted by Gasteiger charge is -2.18. The van der Waals surface area contributed by atoms with Crippen LogP contribution in [0.4, 0.5) is 0 Å². The maximum atomic E-state index is 5.55. The molecular formula is C63H41N5. The van der Waals surface area contributed by atoms with Crippen molar-refractivity contribution < 1.29 is 0 Å². The maximum absolute atomic E-state index is 5.55. The van der Waals surface area contributed by atoms with Crippen LogP contribution in [0.15, 0.2) is 249 Å². The van der Waals surface area contributed by atoms with E-state index < -0.39 is 0 Å². The Hall–Kier alpha value is -9.19. The Bertz CT molecular complexity index is 3970. The van der Waals surface area contributed by atoms with Gasteiger partial charge in [-0.1, -0.05) is 218 Å². The number of hydrogen-bond donors (Lipinski definition) is 0. The predicted molar refractivity (Wildman–Crippen MR) is 281 cm³/mol. The Kier molecular flexibility index (Phi) is 9.43. The van der Waals surface area contributed by atoms with Crippen molar-refractivity contribution in [3.63, 3.8) is 0 Å². The lowest BCUT2D eigenvalue weighted by Crippen LogP contribution is -2.07. The van der Waals surface area contributed by atoms with Crippen molar-refractivity contribution in [1.29, 1.82) is 0 Å². The van der Waals surface area contributed by atoms with Crippen molar-refractivity contribution in [1.82, 2.24) is 24.1 Å². The molecule has 0 atom stereocenters. The molecule has 13 rings (SSSR count). The Morgan fingerprint density at radius 2 is 0.647 bits per heavy atom. The largest absolute Gasteiger partial charge is 0.307 e. The zero-order valence-electron chi connectivity index (χ0n) is 36.9. The van der Waals surface area contributed by atoms with Crippen molar-refractivity contribution >= 4 is 43.6 Å². The molecule has 3 heterocycles. The van der Waals surface area contributed by atoms with E-state index in [2.05, 4.69) is 246 Å². The Balaban J connectivity index is 1.20. The van der Waals surface area contributed by atoms with Gasteiger partial charge in [0.05, 0.1) is 22.1 Å². The van der Waals surface area contributed by atoms with E-state index >= 15 is 0 Å². The van der Waals surface area contributed by atoms with Gasteiger partial charge in [0, 0.05) is 49.5 Å². The first-order chi connectivity index (χ1) is 33.8. The Morgan fingerprint density at radius 1 is 0.265 bits per heavy atom. The number of nitrogens with zero attached hydrogens (tertiary/aromatic N) is 5. The first kappa shape index (κ1) is 39.2. The van der Waals surface area contributed by atoms with Crippen molar-refractivity contribution in [2.45, 2.75) is 0 Å². The zero-order chi connectivity index (χ0) is 45.0. The van der Waals surface area contributed by atoms with Gasteiger partial charge in [0.2, 0.25) is 5.95 Å². The molecule has 0 spiro atoms. The summed E-state index contributed by atoms with van der Waals surface area (Å²) >= 11 is 0. The molecule has 0 N–H and O–H groups in total. The van der Waals surface area contributed by atoms with Gasteiger partial charge in [-0.25, -0.2) is 4.98 Å². The van der Waals surface area contributed by atoms with Crippen LogP contribution in [-0.4, -0.2) is 24.1 Å². The standard InChI is InChI=1S/C63H41N5/c1-6-21-42(22-7-1)44-37-39-47(40-38-44)61-64-62(49-30-20-29-48(41-49)43-23-8-2-9-24-43)66-63(65-61)68-54-36-19-17-34-52(54)58-56(46-27-12-4-13-28-46)55(45-25-10-3-11-26-45)57-51-33-16-18-35-53(51)67(59(57)60(58)68)50-31-14-5-15-32-50/h1-41H. The lowest BCUT2D eigenvalue weighted by molar-refractivity contribution is 0.953. The number of hydrogen-bond acceptors (Lipinski definition) is 3. The van der Waals surface area contributed by atoms with E-state index in [-0.39, 0.29) is 0 Å². The molecular weight excluding hydrogens is 827 g/mol. The summed E-state index contributed by atoms with van der Waals surface area (Å²) in [5.41, 5.74) is 16.2. The second-order valence-electron chi connectivity index (χ2n) is 17.1. The van der Waals surface area contributed by atoms with Gasteiger partial charge in [0.1, 0.15) is 0 Å². The molecule has 0 saturated heterocycles. The number of aromatic nitrogens is 5. The fourth-order valence-electron chi connectivity index (χ4n) is 10.2. The second kappa shape index (κ2) is 16.4. The zero-order valence-corrected chi connectivity index (χ0v) is 36.9. The van der Waals surface area contributed by atoms with E-state index in [4.69, 9.17) is 15.0 Å². The quantitative estimate of drug-likeness (QED) is 0.153. The van der Waals surface area contributed by atoms with Crippen molar-refractivity contribution in [2.24, 2.45) is 0 Å². The Morgan fingerprint density at radius 3 is 1.21 bits per heavy atom. The number of fused-ring (bicyclic) bond motifs is 7. The Labute approximate surface area is 393 Å². The van der Waals surface area contributed by atoms with Crippen LogP contribution in [0, 0.1) is 0 Å². The maximum Gasteiger partial charge on any atom is 0.238 e. The van der Waals surface area contributed by atoms with Crippen LogP contribution >= 0.6 is 0 Å². The van der Waals surface area contributed by atoms with Crippen LogP contribution in [-0.2, 0) is 0 Å². The smallest absolute Gasteiger partial charge is 0.238 e. The third-order valence-electron chi connectivity index (χ3n) is 13.2. The predicted octanol–water partition coefficient (Wildman–Crippen LogP) is 16.1. The average Bonchev–Trinajstić information content (AvgIpc) is 3.95. The molecule has 0 aliphatic heterocycles. The molecule has 5 heteroatoms. The summed E-state index contributed by atoms with van der Waals surface area (Å²) < 4.78 is 4.75. The molecule has 0 bridgehead atoms. The van der Waals surface area contributed by atoms with E-state index in [0.29, 0.717) is 17.6 Å². The molecule has 0 aliphatic rings. The van der Waals surface area contributed by atoms with Crippen LogP contribution in [0.1, 0.15) is 0 Å². The van der Waals surface area contributed by atoms with Gasteiger partial charge in [-0.15, -0.1) is 0 Å². The fraction of sp³-hybridized carbons (Fsp3) is 0. The van der Waals surface area contributed by atoms with Crippen LogP contribution in [0.2, 0.25) is 0 Å². The number of benzene rings is 10. The highest BCUT2D eigenvalue weighted by molar-refractivity contribution is 6.33. The monoisotopic (exact) mass is 867 g/mol. The second-order valence-corrected chi connectivity index (χ2v) is 17.1. The summed E-state index contributed by atoms with van der Waals surface area (Å²) in [5, 5.41) is 4.55. The molecule has 0 fully saturated rings. The highest BCUT2D eigenvalue weighted by atomic mass is 15.2. The minimum Gasteiger partial charge on any atom is -0.307 e. The first-order valence-corrected chi connectivity index (χ1v) is 23.0. The summed E-state index contributed by atoms with van der Waals surface area (Å²) in [7, 11) is 0. The van der Waals surface area contributed by atoms with Gasteiger partial charge in [-0.3, -0.25) is 4.57 Å². The van der Waals surface area contributed by atoms with Gasteiger partial charge in [0.25, 0.3) is 0 Å². The number of para-hydroxylation sites is 3. The van der Waals surface area contributed by atoms with Gasteiger partial charge in [-0.05, 0) is 63.7 Å². The van der Waals surface area contributed by atoms with Gasteiger partial charge < -0.3 is 4.57 Å². The molecule has 0 unspecified atom stereocenters. The lowest BCUT2D eigenvalue weighted by atomic mass is 9.87. The topological polar surface area (TPSA) is 48.5 Å². The van der Waals surface area contributed by atoms with Gasteiger partial charge >= 0.3 is 0 Å². The summed E-state index contributed by atoms with van der Waals surface area (Å²) in [6.07, 6.45) is 0. The van der Waals surface area contributed by atoms with Crippen LogP contribution in [0.3, 0.4) is 0 Å². The highest BCUT2D eigenvalue weighted by Crippen LogP contribution is 2.52. The molecule has 3 aromatic heterocycles. The van der Waals surface area contributed by atoms with E-state index in [9.17, 15) is 0 Å². The number of rotatable bonds is 8. The van der Waals surface area contributed by atoms with E-state index in [1.54, 1.807) is 0 Å². The molecule has 68 heavy (non-hydrogen) atoms. The first-order valence-electron chi connectivity index (χ1n) is 23.0. The third kappa shape index (κ3) is 6.51. The molecule has 0 amide bonds. The third-order valence-corrected chi connectivity index (χ3v) is 13.2. The molecule has 0 saturated carbocycles. The van der Waals surface area contributed by atoms with Crippen LogP contribution < -0.4 is 0 Å². The minimum atomic E-state index is 0.533. The minimum absolute atomic E-state index is 0.533. The molecule has 0 radical (unpaired) electrons. The normalized spacial score (nSPS) is 11.5. The summed E-state index contributed by atoms with van der Waals surface area (Å²) in [6.45, 7) is 0. The molecule has 0 aliphatic carbocycles. The van der Waals surface area contributed by atoms with Gasteiger partial charge in [0.15, 0.2) is 11.6 Å². The summed E-state index contributed by atoms with van der Waals surface area (Å²) in [5.74, 6) is 1.71. The van der Waals surface area contributed by atoms with Gasteiger partial charge in [-0.2, -0.15) is 9.97 Å². The van der Waals surface area contributed by atoms with E-state index in [0.717, 1.165) is 99.4 Å². The van der Waals surface area contributed by atoms with Crippen molar-refractivity contribution in [3.8, 4) is 78.9 Å². The van der Waals surface area contributed by atoms with E-state index in [1.165, 1.54) is 5.56 Å².